The molecule has 0 amide bonds. The van der Waals surface area contributed by atoms with Gasteiger partial charge in [0.25, 0.3) is 0 Å². The van der Waals surface area contributed by atoms with Crippen molar-refractivity contribution in [3.05, 3.63) is 30.5 Å². The maximum absolute atomic E-state index is 12.5. The van der Waals surface area contributed by atoms with E-state index >= 15 is 0 Å². The van der Waals surface area contributed by atoms with E-state index in [2.05, 4.69) is 25.5 Å². The first-order valence-electron chi connectivity index (χ1n) is 6.72. The normalized spacial score (nSPS) is 20.0. The molecule has 0 aliphatic carbocycles. The van der Waals surface area contributed by atoms with E-state index in [0.717, 1.165) is 0 Å². The van der Waals surface area contributed by atoms with Crippen LogP contribution in [-0.4, -0.2) is 59.6 Å². The van der Waals surface area contributed by atoms with Crippen LogP contribution in [0.5, 0.6) is 0 Å². The standard InChI is InChI=1S/C12H16N6O3S/c1-13-12-11(14-2-3-15-12)10-8-18(4-5-21-10)22(19,20)9-6-16-17-7-9/h2-3,6-7,10H,4-5,8H2,1H3,(H,13,15)(H,16,17). The number of rotatable bonds is 4. The van der Waals surface area contributed by atoms with Crippen molar-refractivity contribution in [1.82, 2.24) is 24.5 Å². The average Bonchev–Trinajstić information content (AvgIpc) is 3.10. The Morgan fingerprint density at radius 2 is 2.23 bits per heavy atom. The van der Waals surface area contributed by atoms with Gasteiger partial charge in [0.15, 0.2) is 0 Å². The fourth-order valence-electron chi connectivity index (χ4n) is 2.32. The van der Waals surface area contributed by atoms with Crippen LogP contribution in [0.3, 0.4) is 0 Å². The molecule has 2 aromatic rings. The largest absolute Gasteiger partial charge is 0.372 e. The molecule has 1 atom stereocenters. The quantitative estimate of drug-likeness (QED) is 0.814. The molecular formula is C12H16N6O3S. The zero-order chi connectivity index (χ0) is 15.6. The van der Waals surface area contributed by atoms with Crippen molar-refractivity contribution < 1.29 is 13.2 Å². The highest BCUT2D eigenvalue weighted by Crippen LogP contribution is 2.27. The summed E-state index contributed by atoms with van der Waals surface area (Å²) in [6.45, 7) is 0.765. The fraction of sp³-hybridized carbons (Fsp3) is 0.417. The van der Waals surface area contributed by atoms with Crippen LogP contribution in [0.1, 0.15) is 11.8 Å². The number of hydrogen-bond acceptors (Lipinski definition) is 7. The Balaban J connectivity index is 1.86. The number of aromatic nitrogens is 4. The minimum Gasteiger partial charge on any atom is -0.372 e. The predicted molar refractivity (Wildman–Crippen MR) is 77.6 cm³/mol. The maximum atomic E-state index is 12.5. The molecule has 9 nitrogen and oxygen atoms in total. The number of H-pyrrole nitrogens is 1. The van der Waals surface area contributed by atoms with Crippen molar-refractivity contribution in [2.45, 2.75) is 11.0 Å². The molecule has 3 heterocycles. The van der Waals surface area contributed by atoms with Crippen molar-refractivity contribution in [3.63, 3.8) is 0 Å². The van der Waals surface area contributed by atoms with Gasteiger partial charge >= 0.3 is 0 Å². The summed E-state index contributed by atoms with van der Waals surface area (Å²) >= 11 is 0. The lowest BCUT2D eigenvalue weighted by molar-refractivity contribution is -0.00468. The highest BCUT2D eigenvalue weighted by Gasteiger charge is 2.33. The lowest BCUT2D eigenvalue weighted by atomic mass is 10.2. The second-order valence-electron chi connectivity index (χ2n) is 4.70. The molecule has 0 bridgehead atoms. The SMILES string of the molecule is CNc1nccnc1C1CN(S(=O)(=O)c2cn[nH]c2)CCO1. The molecule has 1 saturated heterocycles. The van der Waals surface area contributed by atoms with E-state index in [4.69, 9.17) is 4.74 Å². The second kappa shape index (κ2) is 5.99. The Morgan fingerprint density at radius 3 is 2.95 bits per heavy atom. The molecule has 1 unspecified atom stereocenters. The molecule has 118 valence electrons. The van der Waals surface area contributed by atoms with Gasteiger partial charge in [-0.3, -0.25) is 10.1 Å². The van der Waals surface area contributed by atoms with E-state index in [9.17, 15) is 8.42 Å². The summed E-state index contributed by atoms with van der Waals surface area (Å²) in [7, 11) is -1.86. The second-order valence-corrected chi connectivity index (χ2v) is 6.63. The highest BCUT2D eigenvalue weighted by atomic mass is 32.2. The van der Waals surface area contributed by atoms with Gasteiger partial charge in [-0.25, -0.2) is 13.4 Å². The minimum absolute atomic E-state index is 0.140. The third-order valence-electron chi connectivity index (χ3n) is 3.41. The molecule has 22 heavy (non-hydrogen) atoms. The molecule has 2 N–H and O–H groups in total. The molecule has 10 heteroatoms. The van der Waals surface area contributed by atoms with Gasteiger partial charge < -0.3 is 10.1 Å². The summed E-state index contributed by atoms with van der Waals surface area (Å²) in [5.41, 5.74) is 0.595. The molecular weight excluding hydrogens is 308 g/mol. The lowest BCUT2D eigenvalue weighted by Gasteiger charge is -2.31. The van der Waals surface area contributed by atoms with Gasteiger partial charge in [-0.05, 0) is 0 Å². The van der Waals surface area contributed by atoms with Crippen LogP contribution in [0.25, 0.3) is 0 Å². The van der Waals surface area contributed by atoms with Crippen molar-refractivity contribution in [1.29, 1.82) is 0 Å². The zero-order valence-electron chi connectivity index (χ0n) is 11.9. The third kappa shape index (κ3) is 2.67. The molecule has 1 aliphatic heterocycles. The van der Waals surface area contributed by atoms with Crippen LogP contribution in [0.2, 0.25) is 0 Å². The third-order valence-corrected chi connectivity index (χ3v) is 5.24. The Labute approximate surface area is 127 Å². The number of morpholine rings is 1. The highest BCUT2D eigenvalue weighted by molar-refractivity contribution is 7.89. The van der Waals surface area contributed by atoms with E-state index in [1.807, 2.05) is 0 Å². The van der Waals surface area contributed by atoms with Crippen molar-refractivity contribution >= 4 is 15.8 Å². The van der Waals surface area contributed by atoms with E-state index < -0.39 is 16.1 Å². The molecule has 3 rings (SSSR count). The van der Waals surface area contributed by atoms with Gasteiger partial charge in [0.05, 0.1) is 12.8 Å². The summed E-state index contributed by atoms with van der Waals surface area (Å²) in [6, 6.07) is 0. The lowest BCUT2D eigenvalue weighted by Crippen LogP contribution is -2.42. The van der Waals surface area contributed by atoms with Crippen LogP contribution >= 0.6 is 0 Å². The summed E-state index contributed by atoms with van der Waals surface area (Å²) in [6.07, 6.45) is 5.32. The molecule has 1 fully saturated rings. The smallest absolute Gasteiger partial charge is 0.246 e. The van der Waals surface area contributed by atoms with Gasteiger partial charge in [0, 0.05) is 38.7 Å². The van der Waals surface area contributed by atoms with Crippen LogP contribution in [-0.2, 0) is 14.8 Å². The van der Waals surface area contributed by atoms with Crippen LogP contribution < -0.4 is 5.32 Å². The monoisotopic (exact) mass is 324 g/mol. The van der Waals surface area contributed by atoms with Crippen molar-refractivity contribution in [2.75, 3.05) is 32.1 Å². The zero-order valence-corrected chi connectivity index (χ0v) is 12.7. The average molecular weight is 324 g/mol. The summed E-state index contributed by atoms with van der Waals surface area (Å²) in [5, 5.41) is 9.15. The number of aromatic amines is 1. The topological polar surface area (TPSA) is 113 Å². The Kier molecular flexibility index (Phi) is 4.05. The molecule has 0 radical (unpaired) electrons. The van der Waals surface area contributed by atoms with Gasteiger partial charge in [0.1, 0.15) is 22.5 Å². The number of sulfonamides is 1. The van der Waals surface area contributed by atoms with E-state index in [1.165, 1.54) is 16.7 Å². The van der Waals surface area contributed by atoms with Gasteiger partial charge in [-0.15, -0.1) is 0 Å². The van der Waals surface area contributed by atoms with Crippen LogP contribution in [0.4, 0.5) is 5.82 Å². The summed E-state index contributed by atoms with van der Waals surface area (Å²) in [5.74, 6) is 0.579. The molecule has 0 aromatic carbocycles. The predicted octanol–water partition coefficient (Wildman–Crippen LogP) is 0.00360. The van der Waals surface area contributed by atoms with Crippen molar-refractivity contribution in [2.24, 2.45) is 0 Å². The Bertz CT molecular complexity index is 733. The summed E-state index contributed by atoms with van der Waals surface area (Å²) in [4.78, 5) is 8.58. The number of anilines is 1. The minimum atomic E-state index is -3.59. The Hall–Kier alpha value is -2.04. The van der Waals surface area contributed by atoms with Gasteiger partial charge in [0.2, 0.25) is 10.0 Å². The first kappa shape index (κ1) is 14.9. The molecule has 1 aliphatic rings. The molecule has 0 spiro atoms. The molecule has 2 aromatic heterocycles. The van der Waals surface area contributed by atoms with Crippen molar-refractivity contribution in [3.8, 4) is 0 Å². The molecule has 0 saturated carbocycles. The maximum Gasteiger partial charge on any atom is 0.246 e. The van der Waals surface area contributed by atoms with Crippen LogP contribution in [0.15, 0.2) is 29.7 Å². The number of nitrogens with one attached hydrogen (secondary N) is 2. The fourth-order valence-corrected chi connectivity index (χ4v) is 3.65. The van der Waals surface area contributed by atoms with E-state index in [1.54, 1.807) is 19.4 Å². The first-order valence-corrected chi connectivity index (χ1v) is 8.16. The first-order chi connectivity index (χ1) is 10.6. The van der Waals surface area contributed by atoms with Gasteiger partial charge in [-0.2, -0.15) is 9.40 Å². The van der Waals surface area contributed by atoms with Gasteiger partial charge in [-0.1, -0.05) is 0 Å². The van der Waals surface area contributed by atoms with E-state index in [-0.39, 0.29) is 11.4 Å². The number of ether oxygens (including phenoxy) is 1. The number of nitrogens with zero attached hydrogens (tertiary/aromatic N) is 4. The summed E-state index contributed by atoms with van der Waals surface area (Å²) < 4.78 is 32.1. The van der Waals surface area contributed by atoms with E-state index in [0.29, 0.717) is 24.7 Å². The Morgan fingerprint density at radius 1 is 1.41 bits per heavy atom. The van der Waals surface area contributed by atoms with Crippen LogP contribution in [0, 0.1) is 0 Å². The number of hydrogen-bond donors (Lipinski definition) is 2.